The van der Waals surface area contributed by atoms with Crippen molar-refractivity contribution in [1.82, 2.24) is 10.2 Å². The van der Waals surface area contributed by atoms with Crippen LogP contribution in [0.3, 0.4) is 0 Å². The van der Waals surface area contributed by atoms with Crippen LogP contribution in [0.5, 0.6) is 0 Å². The molecule has 0 radical (unpaired) electrons. The predicted octanol–water partition coefficient (Wildman–Crippen LogP) is 3.81. The summed E-state index contributed by atoms with van der Waals surface area (Å²) >= 11 is 0. The number of piperazine rings is 1. The minimum Gasteiger partial charge on any atom is -0.444 e. The number of nitrogens with zero attached hydrogens (tertiary/aromatic N) is 1. The zero-order valence-corrected chi connectivity index (χ0v) is 18.0. The molecule has 2 heterocycles. The number of amides is 1. The smallest absolute Gasteiger partial charge is 0.410 e. The van der Waals surface area contributed by atoms with Gasteiger partial charge in [-0.1, -0.05) is 0 Å². The molecule has 1 aromatic rings. The Morgan fingerprint density at radius 2 is 2.17 bits per heavy atom. The molecule has 0 saturated carbocycles. The summed E-state index contributed by atoms with van der Waals surface area (Å²) in [7, 11) is 0. The Balaban J connectivity index is 1.75. The molecule has 2 aliphatic rings. The van der Waals surface area contributed by atoms with Crippen LogP contribution in [0, 0.1) is 12.3 Å². The van der Waals surface area contributed by atoms with Crippen LogP contribution in [0.15, 0.2) is 12.1 Å². The zero-order valence-electron chi connectivity index (χ0n) is 18.0. The van der Waals surface area contributed by atoms with Gasteiger partial charge in [-0.05, 0) is 70.2 Å². The van der Waals surface area contributed by atoms with Gasteiger partial charge in [-0.15, -0.1) is 0 Å². The van der Waals surface area contributed by atoms with Gasteiger partial charge in [-0.25, -0.2) is 4.79 Å². The SMILES string of the molecule is Cc1cc(NC2CCCCO2)c(C=N)cc1C1CN(C(=O)OC(C)(C)C)CCN1. The third-order valence-corrected chi connectivity index (χ3v) is 5.29. The highest BCUT2D eigenvalue weighted by Crippen LogP contribution is 2.28. The number of hydrogen-bond donors (Lipinski definition) is 3. The average Bonchev–Trinajstić information content (AvgIpc) is 2.68. The van der Waals surface area contributed by atoms with Crippen molar-refractivity contribution in [3.8, 4) is 0 Å². The lowest BCUT2D eigenvalue weighted by Crippen LogP contribution is -2.49. The maximum absolute atomic E-state index is 12.5. The minimum atomic E-state index is -0.505. The Labute approximate surface area is 173 Å². The van der Waals surface area contributed by atoms with E-state index in [9.17, 15) is 4.79 Å². The number of carbonyl (C=O) groups excluding carboxylic acids is 1. The molecule has 160 valence electrons. The fourth-order valence-electron chi connectivity index (χ4n) is 3.84. The number of benzene rings is 1. The summed E-state index contributed by atoms with van der Waals surface area (Å²) in [5.74, 6) is 0. The lowest BCUT2D eigenvalue weighted by atomic mass is 9.95. The summed E-state index contributed by atoms with van der Waals surface area (Å²) in [6, 6.07) is 4.14. The predicted molar refractivity (Wildman–Crippen MR) is 115 cm³/mol. The molecular formula is C22H34N4O3. The largest absolute Gasteiger partial charge is 0.444 e. The highest BCUT2D eigenvalue weighted by molar-refractivity contribution is 5.86. The fraction of sp³-hybridized carbons (Fsp3) is 0.636. The molecule has 1 aromatic carbocycles. The second-order valence-electron chi connectivity index (χ2n) is 8.87. The molecule has 2 saturated heterocycles. The van der Waals surface area contributed by atoms with Crippen molar-refractivity contribution in [3.05, 3.63) is 28.8 Å². The summed E-state index contributed by atoms with van der Waals surface area (Å²) < 4.78 is 11.3. The van der Waals surface area contributed by atoms with Gasteiger partial charge in [-0.2, -0.15) is 0 Å². The van der Waals surface area contributed by atoms with Crippen LogP contribution in [-0.2, 0) is 9.47 Å². The molecule has 3 rings (SSSR count). The topological polar surface area (TPSA) is 86.7 Å². The molecule has 3 N–H and O–H groups in total. The number of ether oxygens (including phenoxy) is 2. The van der Waals surface area contributed by atoms with Crippen LogP contribution in [0.25, 0.3) is 0 Å². The Morgan fingerprint density at radius 3 is 2.83 bits per heavy atom. The molecule has 2 fully saturated rings. The standard InChI is InChI=1S/C22H34N4O3/c1-15-11-18(25-20-7-5-6-10-28-20)16(13-23)12-17(15)19-14-26(9-8-24-19)21(27)29-22(2,3)4/h11-13,19-20,23-25H,5-10,14H2,1-4H3. The third-order valence-electron chi connectivity index (χ3n) is 5.29. The molecule has 7 heteroatoms. The molecule has 0 aliphatic carbocycles. The van der Waals surface area contributed by atoms with E-state index in [0.717, 1.165) is 48.2 Å². The van der Waals surface area contributed by atoms with Crippen molar-refractivity contribution in [2.45, 2.75) is 64.8 Å². The number of aryl methyl sites for hydroxylation is 1. The lowest BCUT2D eigenvalue weighted by molar-refractivity contribution is 0.0194. The van der Waals surface area contributed by atoms with Crippen molar-refractivity contribution in [3.63, 3.8) is 0 Å². The van der Waals surface area contributed by atoms with E-state index in [1.807, 2.05) is 26.8 Å². The summed E-state index contributed by atoms with van der Waals surface area (Å²) in [6.45, 7) is 10.4. The first kappa shape index (κ1) is 21.6. The van der Waals surface area contributed by atoms with E-state index in [-0.39, 0.29) is 18.4 Å². The first-order chi connectivity index (χ1) is 13.8. The van der Waals surface area contributed by atoms with Crippen LogP contribution < -0.4 is 10.6 Å². The summed E-state index contributed by atoms with van der Waals surface area (Å²) in [5.41, 5.74) is 3.48. The molecule has 0 spiro atoms. The molecule has 1 amide bonds. The van der Waals surface area contributed by atoms with Crippen LogP contribution >= 0.6 is 0 Å². The first-order valence-electron chi connectivity index (χ1n) is 10.5. The molecule has 0 bridgehead atoms. The van der Waals surface area contributed by atoms with Crippen LogP contribution in [0.2, 0.25) is 0 Å². The van der Waals surface area contributed by atoms with Crippen molar-refractivity contribution < 1.29 is 14.3 Å². The van der Waals surface area contributed by atoms with Gasteiger partial charge >= 0.3 is 6.09 Å². The van der Waals surface area contributed by atoms with Crippen molar-refractivity contribution in [2.24, 2.45) is 0 Å². The average molecular weight is 403 g/mol. The van der Waals surface area contributed by atoms with Gasteiger partial charge in [0.2, 0.25) is 0 Å². The van der Waals surface area contributed by atoms with Gasteiger partial charge in [0, 0.05) is 43.7 Å². The zero-order chi connectivity index (χ0) is 21.0. The van der Waals surface area contributed by atoms with Crippen molar-refractivity contribution >= 4 is 18.0 Å². The molecule has 2 atom stereocenters. The van der Waals surface area contributed by atoms with Crippen molar-refractivity contribution in [2.75, 3.05) is 31.6 Å². The first-order valence-corrected chi connectivity index (χ1v) is 10.5. The Bertz CT molecular complexity index is 738. The van der Waals surface area contributed by atoms with E-state index < -0.39 is 5.60 Å². The maximum atomic E-state index is 12.5. The van der Waals surface area contributed by atoms with E-state index >= 15 is 0 Å². The van der Waals surface area contributed by atoms with Crippen LogP contribution in [0.4, 0.5) is 10.5 Å². The monoisotopic (exact) mass is 402 g/mol. The van der Waals surface area contributed by atoms with Gasteiger partial charge < -0.3 is 30.4 Å². The third kappa shape index (κ3) is 5.70. The molecule has 2 aliphatic heterocycles. The highest BCUT2D eigenvalue weighted by Gasteiger charge is 2.29. The quantitative estimate of drug-likeness (QED) is 0.667. The van der Waals surface area contributed by atoms with Gasteiger partial charge in [0.25, 0.3) is 0 Å². The van der Waals surface area contributed by atoms with Crippen molar-refractivity contribution in [1.29, 1.82) is 5.41 Å². The molecule has 29 heavy (non-hydrogen) atoms. The van der Waals surface area contributed by atoms with E-state index in [4.69, 9.17) is 14.9 Å². The minimum absolute atomic E-state index is 0.00293. The maximum Gasteiger partial charge on any atom is 0.410 e. The van der Waals surface area contributed by atoms with E-state index in [2.05, 4.69) is 23.6 Å². The van der Waals surface area contributed by atoms with Crippen LogP contribution in [0.1, 0.15) is 62.8 Å². The van der Waals surface area contributed by atoms with Gasteiger partial charge in [-0.3, -0.25) is 0 Å². The van der Waals surface area contributed by atoms with Crippen LogP contribution in [-0.4, -0.2) is 55.3 Å². The Morgan fingerprint density at radius 1 is 1.38 bits per heavy atom. The molecular weight excluding hydrogens is 368 g/mol. The number of rotatable bonds is 4. The second-order valence-corrected chi connectivity index (χ2v) is 8.87. The van der Waals surface area contributed by atoms with Gasteiger partial charge in [0.05, 0.1) is 6.04 Å². The number of nitrogens with one attached hydrogen (secondary N) is 3. The van der Waals surface area contributed by atoms with E-state index in [1.165, 1.54) is 6.21 Å². The summed E-state index contributed by atoms with van der Waals surface area (Å²) in [6.07, 6.45) is 4.34. The van der Waals surface area contributed by atoms with Gasteiger partial charge in [0.1, 0.15) is 11.8 Å². The Kier molecular flexibility index (Phi) is 6.80. The second kappa shape index (κ2) is 9.13. The normalized spacial score (nSPS) is 22.8. The molecule has 2 unspecified atom stereocenters. The molecule has 0 aromatic heterocycles. The lowest BCUT2D eigenvalue weighted by Gasteiger charge is -2.36. The molecule has 7 nitrogen and oxygen atoms in total. The summed E-state index contributed by atoms with van der Waals surface area (Å²) in [4.78, 5) is 14.3. The van der Waals surface area contributed by atoms with E-state index in [0.29, 0.717) is 19.6 Å². The Hall–Kier alpha value is -2.12. The number of anilines is 1. The fourth-order valence-corrected chi connectivity index (χ4v) is 3.84. The highest BCUT2D eigenvalue weighted by atomic mass is 16.6. The number of hydrogen-bond acceptors (Lipinski definition) is 6. The summed E-state index contributed by atoms with van der Waals surface area (Å²) in [5, 5.41) is 14.8. The van der Waals surface area contributed by atoms with E-state index in [1.54, 1.807) is 4.90 Å². The van der Waals surface area contributed by atoms with Gasteiger partial charge in [0.15, 0.2) is 0 Å². The number of carbonyl (C=O) groups is 1.